The van der Waals surface area contributed by atoms with E-state index in [1.165, 1.54) is 42.5 Å². The molecule has 1 atom stereocenters. The average Bonchev–Trinajstić information content (AvgIpc) is 3.09. The summed E-state index contributed by atoms with van der Waals surface area (Å²) in [4.78, 5) is 53.9. The zero-order valence-corrected chi connectivity index (χ0v) is 20.1. The fourth-order valence-corrected chi connectivity index (χ4v) is 4.50. The normalized spacial score (nSPS) is 13.5. The van der Waals surface area contributed by atoms with E-state index in [1.54, 1.807) is 12.1 Å². The molecule has 0 saturated heterocycles. The summed E-state index contributed by atoms with van der Waals surface area (Å²) in [5.74, 6) is -3.73. The molecule has 1 heterocycles. The summed E-state index contributed by atoms with van der Waals surface area (Å²) in [6.07, 6.45) is -0.109. The van der Waals surface area contributed by atoms with Gasteiger partial charge in [0.15, 0.2) is 5.78 Å². The number of hydrogen-bond acceptors (Lipinski definition) is 4. The molecule has 10 heteroatoms. The zero-order chi connectivity index (χ0) is 25.3. The molecule has 6 nitrogen and oxygen atoms in total. The first-order chi connectivity index (χ1) is 16.7. The van der Waals surface area contributed by atoms with Crippen molar-refractivity contribution in [2.75, 3.05) is 5.88 Å². The lowest BCUT2D eigenvalue weighted by molar-refractivity contribution is -0.00960. The predicted molar refractivity (Wildman–Crippen MR) is 129 cm³/mol. The van der Waals surface area contributed by atoms with Gasteiger partial charge in [-0.3, -0.25) is 19.2 Å². The molecule has 0 N–H and O–H groups in total. The van der Waals surface area contributed by atoms with Gasteiger partial charge in [0.25, 0.3) is 17.7 Å². The van der Waals surface area contributed by atoms with Gasteiger partial charge < -0.3 is 0 Å². The van der Waals surface area contributed by atoms with E-state index >= 15 is 0 Å². The number of fused-ring (bicyclic) bond motifs is 1. The summed E-state index contributed by atoms with van der Waals surface area (Å²) >= 11 is 18.2. The lowest BCUT2D eigenvalue weighted by Gasteiger charge is -2.36. The number of benzene rings is 3. The van der Waals surface area contributed by atoms with Crippen LogP contribution in [0.5, 0.6) is 0 Å². The minimum Gasteiger partial charge on any atom is -0.292 e. The standard InChI is InChI=1S/C25H16Cl3FN2O4/c26-12-11-21(22(32)14-5-8-16(29)9-6-14)30(25(35)19-10-7-15(27)13-20(19)28)31-23(33)17-3-1-2-4-18(17)24(31)34/h1-10,13,21H,11-12H2/t21-/m0/s1. The van der Waals surface area contributed by atoms with Crippen molar-refractivity contribution in [2.24, 2.45) is 0 Å². The van der Waals surface area contributed by atoms with Gasteiger partial charge in [-0.1, -0.05) is 35.3 Å². The number of alkyl halides is 1. The van der Waals surface area contributed by atoms with Crippen LogP contribution in [0.3, 0.4) is 0 Å². The molecule has 0 unspecified atom stereocenters. The van der Waals surface area contributed by atoms with Gasteiger partial charge in [-0.25, -0.2) is 9.40 Å². The monoisotopic (exact) mass is 532 g/mol. The topological polar surface area (TPSA) is 74.8 Å². The third-order valence-electron chi connectivity index (χ3n) is 5.47. The number of imide groups is 1. The van der Waals surface area contributed by atoms with E-state index in [2.05, 4.69) is 0 Å². The second-order valence-corrected chi connectivity index (χ2v) is 8.83. The molecular formula is C25H16Cl3FN2O4. The lowest BCUT2D eigenvalue weighted by atomic mass is 10.0. The van der Waals surface area contributed by atoms with Gasteiger partial charge in [0.2, 0.25) is 0 Å². The molecule has 0 radical (unpaired) electrons. The fraction of sp³-hybridized carbons (Fsp3) is 0.120. The number of ketones is 1. The van der Waals surface area contributed by atoms with Crippen molar-refractivity contribution in [1.29, 1.82) is 0 Å². The minimum absolute atomic E-state index is 0.0389. The molecule has 1 aliphatic heterocycles. The number of hydrazine groups is 1. The van der Waals surface area contributed by atoms with Crippen molar-refractivity contribution in [3.05, 3.63) is 105 Å². The Balaban J connectivity index is 1.87. The summed E-state index contributed by atoms with van der Waals surface area (Å²) in [6.45, 7) is 0. The smallest absolute Gasteiger partial charge is 0.280 e. The molecule has 0 saturated carbocycles. The van der Waals surface area contributed by atoms with Gasteiger partial charge in [-0.15, -0.1) is 11.6 Å². The highest BCUT2D eigenvalue weighted by Crippen LogP contribution is 2.31. The molecule has 3 aromatic carbocycles. The maximum atomic E-state index is 13.8. The van der Waals surface area contributed by atoms with Gasteiger partial charge >= 0.3 is 0 Å². The van der Waals surface area contributed by atoms with Crippen LogP contribution in [-0.4, -0.2) is 45.4 Å². The highest BCUT2D eigenvalue weighted by Gasteiger charge is 2.46. The Morgan fingerprint density at radius 3 is 2.06 bits per heavy atom. The Labute approximate surface area is 214 Å². The summed E-state index contributed by atoms with van der Waals surface area (Å²) in [7, 11) is 0. The third-order valence-corrected chi connectivity index (χ3v) is 6.23. The van der Waals surface area contributed by atoms with Crippen LogP contribution in [0.15, 0.2) is 66.7 Å². The third kappa shape index (κ3) is 4.67. The number of amides is 3. The number of Topliss-reactive ketones (excluding diaryl/α,β-unsaturated/α-hetero) is 1. The zero-order valence-electron chi connectivity index (χ0n) is 17.9. The van der Waals surface area contributed by atoms with Crippen LogP contribution in [0.2, 0.25) is 10.0 Å². The van der Waals surface area contributed by atoms with Crippen LogP contribution in [0.25, 0.3) is 0 Å². The molecule has 35 heavy (non-hydrogen) atoms. The van der Waals surface area contributed by atoms with Gasteiger partial charge in [0.05, 0.1) is 21.7 Å². The Kier molecular flexibility index (Phi) is 7.21. The average molecular weight is 534 g/mol. The van der Waals surface area contributed by atoms with Crippen molar-refractivity contribution in [2.45, 2.75) is 12.5 Å². The molecule has 0 aliphatic carbocycles. The van der Waals surface area contributed by atoms with Crippen LogP contribution >= 0.6 is 34.8 Å². The van der Waals surface area contributed by atoms with E-state index in [-0.39, 0.29) is 44.6 Å². The van der Waals surface area contributed by atoms with Crippen LogP contribution in [0.4, 0.5) is 4.39 Å². The van der Waals surface area contributed by atoms with E-state index in [1.807, 2.05) is 0 Å². The first-order valence-corrected chi connectivity index (χ1v) is 11.7. The molecule has 1 aliphatic rings. The molecule has 4 rings (SSSR count). The molecule has 178 valence electrons. The van der Waals surface area contributed by atoms with Crippen LogP contribution in [0, 0.1) is 5.82 Å². The Morgan fingerprint density at radius 2 is 1.51 bits per heavy atom. The van der Waals surface area contributed by atoms with E-state index < -0.39 is 35.4 Å². The molecule has 0 aromatic heterocycles. The summed E-state index contributed by atoms with van der Waals surface area (Å²) < 4.78 is 13.5. The second-order valence-electron chi connectivity index (χ2n) is 7.61. The highest BCUT2D eigenvalue weighted by molar-refractivity contribution is 6.37. The van der Waals surface area contributed by atoms with Crippen molar-refractivity contribution in [3.8, 4) is 0 Å². The van der Waals surface area contributed by atoms with Crippen molar-refractivity contribution in [3.63, 3.8) is 0 Å². The van der Waals surface area contributed by atoms with E-state index in [9.17, 15) is 23.6 Å². The molecule has 3 aromatic rings. The largest absolute Gasteiger partial charge is 0.292 e. The first kappa shape index (κ1) is 24.9. The van der Waals surface area contributed by atoms with Crippen LogP contribution in [0.1, 0.15) is 47.9 Å². The van der Waals surface area contributed by atoms with E-state index in [0.29, 0.717) is 5.01 Å². The number of hydrogen-bond donors (Lipinski definition) is 0. The maximum absolute atomic E-state index is 13.8. The quantitative estimate of drug-likeness (QED) is 0.223. The van der Waals surface area contributed by atoms with Gasteiger partial charge in [0, 0.05) is 16.5 Å². The van der Waals surface area contributed by atoms with Crippen molar-refractivity contribution >= 4 is 58.3 Å². The number of carbonyl (C=O) groups is 4. The van der Waals surface area contributed by atoms with Crippen molar-refractivity contribution < 1.29 is 23.6 Å². The Hall–Kier alpha value is -3.26. The van der Waals surface area contributed by atoms with Gasteiger partial charge in [0.1, 0.15) is 11.9 Å². The first-order valence-electron chi connectivity index (χ1n) is 10.4. The highest BCUT2D eigenvalue weighted by atomic mass is 35.5. The van der Waals surface area contributed by atoms with Gasteiger partial charge in [-0.2, -0.15) is 5.01 Å². The Morgan fingerprint density at radius 1 is 0.914 bits per heavy atom. The SMILES string of the molecule is O=C(c1ccc(F)cc1)[C@H](CCCl)N(C(=O)c1ccc(Cl)cc1Cl)N1C(=O)c2ccccc2C1=O. The van der Waals surface area contributed by atoms with E-state index in [0.717, 1.165) is 17.1 Å². The number of halogens is 4. The number of nitrogens with zero attached hydrogens (tertiary/aromatic N) is 2. The van der Waals surface area contributed by atoms with E-state index in [4.69, 9.17) is 34.8 Å². The lowest BCUT2D eigenvalue weighted by Crippen LogP contribution is -2.57. The summed E-state index contributed by atoms with van der Waals surface area (Å²) in [5, 5.41) is 1.64. The minimum atomic E-state index is -1.38. The summed E-state index contributed by atoms with van der Waals surface area (Å²) in [5.41, 5.74) is 0.143. The molecular weight excluding hydrogens is 518 g/mol. The fourth-order valence-electron chi connectivity index (χ4n) is 3.80. The molecule has 0 fully saturated rings. The summed E-state index contributed by atoms with van der Waals surface area (Å²) in [6, 6.07) is 13.4. The number of carbonyl (C=O) groups excluding carboxylic acids is 4. The maximum Gasteiger partial charge on any atom is 0.280 e. The van der Waals surface area contributed by atoms with Gasteiger partial charge in [-0.05, 0) is 61.0 Å². The second kappa shape index (κ2) is 10.2. The Bertz CT molecular complexity index is 1310. The molecule has 0 bridgehead atoms. The number of rotatable bonds is 7. The predicted octanol–water partition coefficient (Wildman–Crippen LogP) is 5.67. The van der Waals surface area contributed by atoms with Crippen molar-refractivity contribution in [1.82, 2.24) is 10.0 Å². The molecule has 3 amide bonds. The van der Waals surface area contributed by atoms with Crippen LogP contribution in [-0.2, 0) is 0 Å². The molecule has 0 spiro atoms. The van der Waals surface area contributed by atoms with Crippen LogP contribution < -0.4 is 0 Å².